The van der Waals surface area contributed by atoms with Crippen LogP contribution in [-0.4, -0.2) is 31.7 Å². The molecule has 2 N–H and O–H groups in total. The molecule has 38 heavy (non-hydrogen) atoms. The van der Waals surface area contributed by atoms with Crippen LogP contribution < -0.4 is 15.6 Å². The summed E-state index contributed by atoms with van der Waals surface area (Å²) in [6.45, 7) is 0. The van der Waals surface area contributed by atoms with Crippen LogP contribution in [-0.2, 0) is 0 Å². The largest absolute Gasteiger partial charge is 0.497 e. The highest BCUT2D eigenvalue weighted by Crippen LogP contribution is 2.36. The van der Waals surface area contributed by atoms with Gasteiger partial charge in [-0.3, -0.25) is 4.79 Å². The van der Waals surface area contributed by atoms with Crippen LogP contribution in [0.2, 0.25) is 5.02 Å². The molecule has 0 bridgehead atoms. The van der Waals surface area contributed by atoms with E-state index in [0.29, 0.717) is 39.1 Å². The van der Waals surface area contributed by atoms with E-state index in [2.05, 4.69) is 20.3 Å². The van der Waals surface area contributed by atoms with Crippen LogP contribution in [0.5, 0.6) is 5.75 Å². The Bertz CT molecular complexity index is 1780. The second-order valence-corrected chi connectivity index (χ2v) is 8.91. The Balaban J connectivity index is 1.66. The molecular formula is C29H21ClN6O2. The average Bonchev–Trinajstić information content (AvgIpc) is 3.35. The standard InChI is InChI=1S/C29H21ClN6O2/c1-38-22-14-12-19(13-15-22)24-26(34-29-31-16-21(30)17-32-29)33-27-23(18-8-4-2-5-9-18)25(35-36(27)28(24)37)20-10-6-3-7-11-20/h2-17,33H,1H3,(H,31,32,34). The van der Waals surface area contributed by atoms with Gasteiger partial charge in [-0.2, -0.15) is 9.61 Å². The number of aromatic nitrogens is 5. The third-order valence-electron chi connectivity index (χ3n) is 6.13. The number of nitrogens with zero attached hydrogens (tertiary/aromatic N) is 4. The van der Waals surface area contributed by atoms with Gasteiger partial charge in [-0.05, 0) is 23.3 Å². The summed E-state index contributed by atoms with van der Waals surface area (Å²) >= 11 is 5.99. The van der Waals surface area contributed by atoms with Crippen molar-refractivity contribution in [1.29, 1.82) is 0 Å². The van der Waals surface area contributed by atoms with Crippen molar-refractivity contribution in [3.63, 3.8) is 0 Å². The number of hydrogen-bond donors (Lipinski definition) is 2. The lowest BCUT2D eigenvalue weighted by Gasteiger charge is -2.13. The SMILES string of the molecule is COc1ccc(-c2c(Nc3ncc(Cl)cn3)[nH]c3c(-c4ccccc4)c(-c4ccccc4)nn3c2=O)cc1. The first kappa shape index (κ1) is 23.4. The molecule has 0 fully saturated rings. The average molecular weight is 521 g/mol. The monoisotopic (exact) mass is 520 g/mol. The summed E-state index contributed by atoms with van der Waals surface area (Å²) in [5.74, 6) is 1.39. The predicted octanol–water partition coefficient (Wildman–Crippen LogP) is 6.22. The molecule has 0 radical (unpaired) electrons. The van der Waals surface area contributed by atoms with Crippen LogP contribution in [0.3, 0.4) is 0 Å². The molecule has 0 aliphatic heterocycles. The Hall–Kier alpha value is -4.95. The third kappa shape index (κ3) is 4.27. The van der Waals surface area contributed by atoms with E-state index >= 15 is 0 Å². The van der Waals surface area contributed by atoms with Gasteiger partial charge in [0.2, 0.25) is 5.95 Å². The van der Waals surface area contributed by atoms with Gasteiger partial charge in [-0.1, -0.05) is 84.4 Å². The van der Waals surface area contributed by atoms with Crippen LogP contribution in [0, 0.1) is 0 Å². The number of ether oxygens (including phenoxy) is 1. The van der Waals surface area contributed by atoms with Crippen LogP contribution in [0.4, 0.5) is 11.8 Å². The second kappa shape index (κ2) is 9.84. The Kier molecular flexibility index (Phi) is 6.07. The van der Waals surface area contributed by atoms with Crippen molar-refractivity contribution >= 4 is 29.0 Å². The molecule has 3 aromatic carbocycles. The van der Waals surface area contributed by atoms with Gasteiger partial charge in [0.15, 0.2) is 0 Å². The van der Waals surface area contributed by atoms with Crippen molar-refractivity contribution in [2.24, 2.45) is 0 Å². The number of H-pyrrole nitrogens is 1. The molecule has 8 nitrogen and oxygen atoms in total. The number of fused-ring (bicyclic) bond motifs is 1. The van der Waals surface area contributed by atoms with Crippen LogP contribution in [0.15, 0.2) is 102 Å². The summed E-state index contributed by atoms with van der Waals surface area (Å²) < 4.78 is 6.72. The molecule has 0 saturated heterocycles. The van der Waals surface area contributed by atoms with Crippen LogP contribution in [0.25, 0.3) is 39.2 Å². The van der Waals surface area contributed by atoms with Crippen molar-refractivity contribution in [3.8, 4) is 39.3 Å². The number of methoxy groups -OCH3 is 1. The lowest BCUT2D eigenvalue weighted by molar-refractivity contribution is 0.415. The summed E-state index contributed by atoms with van der Waals surface area (Å²) in [6, 6.07) is 26.9. The van der Waals surface area contributed by atoms with E-state index in [-0.39, 0.29) is 11.5 Å². The maximum atomic E-state index is 14.1. The quantitative estimate of drug-likeness (QED) is 0.270. The summed E-state index contributed by atoms with van der Waals surface area (Å²) in [5.41, 5.74) is 4.57. The summed E-state index contributed by atoms with van der Waals surface area (Å²) in [7, 11) is 1.60. The fraction of sp³-hybridized carbons (Fsp3) is 0.0345. The second-order valence-electron chi connectivity index (χ2n) is 8.47. The van der Waals surface area contributed by atoms with Crippen molar-refractivity contribution in [3.05, 3.63) is 113 Å². The zero-order valence-corrected chi connectivity index (χ0v) is 21.0. The van der Waals surface area contributed by atoms with Crippen molar-refractivity contribution in [2.45, 2.75) is 0 Å². The molecule has 3 heterocycles. The Morgan fingerprint density at radius 3 is 2.05 bits per heavy atom. The number of hydrogen-bond acceptors (Lipinski definition) is 6. The van der Waals surface area contributed by atoms with Gasteiger partial charge in [0, 0.05) is 5.56 Å². The van der Waals surface area contributed by atoms with E-state index < -0.39 is 0 Å². The lowest BCUT2D eigenvalue weighted by Crippen LogP contribution is -2.20. The van der Waals surface area contributed by atoms with E-state index in [1.54, 1.807) is 19.2 Å². The lowest BCUT2D eigenvalue weighted by atomic mass is 10.0. The number of rotatable bonds is 6. The number of halogens is 1. The minimum atomic E-state index is -0.306. The molecule has 0 saturated carbocycles. The maximum Gasteiger partial charge on any atom is 0.284 e. The van der Waals surface area contributed by atoms with Crippen molar-refractivity contribution < 1.29 is 4.74 Å². The summed E-state index contributed by atoms with van der Waals surface area (Å²) in [5, 5.41) is 8.40. The number of benzene rings is 3. The Morgan fingerprint density at radius 1 is 0.816 bits per heavy atom. The zero-order valence-electron chi connectivity index (χ0n) is 20.2. The molecule has 0 amide bonds. The van der Waals surface area contributed by atoms with Crippen molar-refractivity contribution in [1.82, 2.24) is 24.6 Å². The molecule has 186 valence electrons. The van der Waals surface area contributed by atoms with Gasteiger partial charge in [0.1, 0.15) is 22.9 Å². The van der Waals surface area contributed by atoms with E-state index in [4.69, 9.17) is 21.4 Å². The first-order valence-corrected chi connectivity index (χ1v) is 12.2. The minimum Gasteiger partial charge on any atom is -0.497 e. The van der Waals surface area contributed by atoms with E-state index in [9.17, 15) is 4.79 Å². The van der Waals surface area contributed by atoms with Gasteiger partial charge in [0.05, 0.1) is 35.7 Å². The topological polar surface area (TPSA) is 97.2 Å². The molecule has 0 aliphatic rings. The fourth-order valence-corrected chi connectivity index (χ4v) is 4.46. The highest BCUT2D eigenvalue weighted by Gasteiger charge is 2.23. The molecule has 0 aliphatic carbocycles. The maximum absolute atomic E-state index is 14.1. The number of nitrogens with one attached hydrogen (secondary N) is 2. The van der Waals surface area contributed by atoms with E-state index in [1.165, 1.54) is 16.9 Å². The summed E-state index contributed by atoms with van der Waals surface area (Å²) in [4.78, 5) is 26.1. The Morgan fingerprint density at radius 2 is 1.42 bits per heavy atom. The minimum absolute atomic E-state index is 0.285. The number of anilines is 2. The highest BCUT2D eigenvalue weighted by atomic mass is 35.5. The van der Waals surface area contributed by atoms with E-state index in [0.717, 1.165) is 16.7 Å². The van der Waals surface area contributed by atoms with Gasteiger partial charge >= 0.3 is 0 Å². The Labute approximate surface area is 222 Å². The third-order valence-corrected chi connectivity index (χ3v) is 6.33. The molecule has 0 unspecified atom stereocenters. The number of aromatic amines is 1. The fourth-order valence-electron chi connectivity index (χ4n) is 4.36. The highest BCUT2D eigenvalue weighted by molar-refractivity contribution is 6.30. The molecule has 6 rings (SSSR count). The van der Waals surface area contributed by atoms with Gasteiger partial charge in [-0.15, -0.1) is 0 Å². The summed E-state index contributed by atoms with van der Waals surface area (Å²) in [6.07, 6.45) is 2.98. The first-order chi connectivity index (χ1) is 18.6. The van der Waals surface area contributed by atoms with Gasteiger partial charge in [-0.25, -0.2) is 9.97 Å². The smallest absolute Gasteiger partial charge is 0.284 e. The zero-order chi connectivity index (χ0) is 26.1. The van der Waals surface area contributed by atoms with Crippen molar-refractivity contribution in [2.75, 3.05) is 12.4 Å². The first-order valence-electron chi connectivity index (χ1n) is 11.8. The molecule has 0 spiro atoms. The van der Waals surface area contributed by atoms with Crippen LogP contribution >= 0.6 is 11.6 Å². The predicted molar refractivity (Wildman–Crippen MR) is 149 cm³/mol. The van der Waals surface area contributed by atoms with Crippen LogP contribution in [0.1, 0.15) is 0 Å². The van der Waals surface area contributed by atoms with E-state index in [1.807, 2.05) is 72.8 Å². The van der Waals surface area contributed by atoms with Gasteiger partial charge in [0.25, 0.3) is 5.56 Å². The molecular weight excluding hydrogens is 500 g/mol. The molecule has 9 heteroatoms. The van der Waals surface area contributed by atoms with Gasteiger partial charge < -0.3 is 15.0 Å². The molecule has 0 atom stereocenters. The molecule has 3 aromatic heterocycles. The molecule has 6 aromatic rings. The normalized spacial score (nSPS) is 11.0.